The number of amides is 1. The summed E-state index contributed by atoms with van der Waals surface area (Å²) in [5, 5.41) is 9.90. The van der Waals surface area contributed by atoms with E-state index < -0.39 is 5.60 Å². The molecule has 0 spiro atoms. The summed E-state index contributed by atoms with van der Waals surface area (Å²) in [5.74, 6) is -0.0563. The number of carbonyl (C=O) groups is 1. The molecule has 1 aliphatic heterocycles. The number of hydrogen-bond donors (Lipinski definition) is 1. The van der Waals surface area contributed by atoms with Gasteiger partial charge in [0.15, 0.2) is 0 Å². The van der Waals surface area contributed by atoms with Crippen LogP contribution in [0.3, 0.4) is 0 Å². The number of imidazole rings is 1. The Labute approximate surface area is 111 Å². The highest BCUT2D eigenvalue weighted by molar-refractivity contribution is 5.93. The van der Waals surface area contributed by atoms with Crippen LogP contribution in [0.2, 0.25) is 0 Å². The van der Waals surface area contributed by atoms with Crippen LogP contribution in [0.1, 0.15) is 30.3 Å². The van der Waals surface area contributed by atoms with E-state index in [9.17, 15) is 9.90 Å². The molecule has 19 heavy (non-hydrogen) atoms. The molecule has 1 N–H and O–H groups in total. The molecule has 0 aliphatic carbocycles. The number of likely N-dealkylation sites (tertiary alicyclic amines) is 1. The van der Waals surface area contributed by atoms with Gasteiger partial charge in [0, 0.05) is 25.5 Å². The summed E-state index contributed by atoms with van der Waals surface area (Å²) in [5.41, 5.74) is 0.595. The molecule has 0 unspecified atom stereocenters. The second kappa shape index (κ2) is 4.35. The summed E-state index contributed by atoms with van der Waals surface area (Å²) in [6.07, 6.45) is 4.86. The van der Waals surface area contributed by atoms with Crippen molar-refractivity contribution in [3.05, 3.63) is 36.3 Å². The Kier molecular flexibility index (Phi) is 2.78. The first-order chi connectivity index (χ1) is 9.05. The largest absolute Gasteiger partial charge is 0.390 e. The number of piperidine rings is 1. The molecule has 1 amide bonds. The van der Waals surface area contributed by atoms with Crippen LogP contribution in [-0.2, 0) is 0 Å². The molecule has 100 valence electrons. The first-order valence-corrected chi connectivity index (χ1v) is 6.51. The number of nitrogens with zero attached hydrogens (tertiary/aromatic N) is 3. The Morgan fingerprint density at radius 2 is 2.11 bits per heavy atom. The van der Waals surface area contributed by atoms with E-state index in [0.717, 1.165) is 5.65 Å². The molecular weight excluding hydrogens is 242 g/mol. The van der Waals surface area contributed by atoms with E-state index in [1.807, 2.05) is 35.7 Å². The predicted octanol–water partition coefficient (Wildman–Crippen LogP) is 1.32. The lowest BCUT2D eigenvalue weighted by Gasteiger charge is -2.35. The topological polar surface area (TPSA) is 57.8 Å². The van der Waals surface area contributed by atoms with Crippen LogP contribution >= 0.6 is 0 Å². The maximum absolute atomic E-state index is 12.3. The minimum absolute atomic E-state index is 0.0563. The van der Waals surface area contributed by atoms with Crippen molar-refractivity contribution in [3.63, 3.8) is 0 Å². The van der Waals surface area contributed by atoms with Gasteiger partial charge in [-0.1, -0.05) is 6.07 Å². The molecule has 0 aromatic carbocycles. The number of carbonyl (C=O) groups excluding carboxylic acids is 1. The van der Waals surface area contributed by atoms with E-state index >= 15 is 0 Å². The zero-order valence-corrected chi connectivity index (χ0v) is 10.9. The molecule has 5 heteroatoms. The Morgan fingerprint density at radius 3 is 2.79 bits per heavy atom. The number of hydrogen-bond acceptors (Lipinski definition) is 3. The van der Waals surface area contributed by atoms with Crippen molar-refractivity contribution in [1.82, 2.24) is 14.3 Å². The zero-order chi connectivity index (χ0) is 13.5. The van der Waals surface area contributed by atoms with Gasteiger partial charge < -0.3 is 14.4 Å². The fourth-order valence-electron chi connectivity index (χ4n) is 2.39. The molecule has 1 saturated heterocycles. The van der Waals surface area contributed by atoms with Crippen molar-refractivity contribution in [2.45, 2.75) is 25.4 Å². The van der Waals surface area contributed by atoms with Gasteiger partial charge in [0.1, 0.15) is 11.3 Å². The van der Waals surface area contributed by atoms with Crippen molar-refractivity contribution < 1.29 is 9.90 Å². The van der Waals surface area contributed by atoms with E-state index in [0.29, 0.717) is 31.6 Å². The third kappa shape index (κ3) is 2.33. The van der Waals surface area contributed by atoms with Crippen molar-refractivity contribution in [2.75, 3.05) is 13.1 Å². The highest BCUT2D eigenvalue weighted by Gasteiger charge is 2.30. The van der Waals surface area contributed by atoms with Crippen LogP contribution in [0.15, 0.2) is 30.6 Å². The number of rotatable bonds is 1. The van der Waals surface area contributed by atoms with Gasteiger partial charge >= 0.3 is 0 Å². The van der Waals surface area contributed by atoms with Gasteiger partial charge in [-0.2, -0.15) is 0 Å². The lowest BCUT2D eigenvalue weighted by atomic mass is 9.94. The summed E-state index contributed by atoms with van der Waals surface area (Å²) in [4.78, 5) is 18.4. The highest BCUT2D eigenvalue weighted by atomic mass is 16.3. The Bertz CT molecular complexity index is 575. The lowest BCUT2D eigenvalue weighted by molar-refractivity contribution is -0.00217. The van der Waals surface area contributed by atoms with Gasteiger partial charge in [0.25, 0.3) is 5.91 Å². The van der Waals surface area contributed by atoms with Crippen LogP contribution < -0.4 is 0 Å². The second-order valence-electron chi connectivity index (χ2n) is 5.38. The van der Waals surface area contributed by atoms with Crippen LogP contribution in [0.25, 0.3) is 5.65 Å². The van der Waals surface area contributed by atoms with Gasteiger partial charge in [0.05, 0.1) is 5.60 Å². The monoisotopic (exact) mass is 259 g/mol. The normalized spacial score (nSPS) is 18.7. The molecule has 0 saturated carbocycles. The van der Waals surface area contributed by atoms with Gasteiger partial charge in [-0.05, 0) is 31.9 Å². The van der Waals surface area contributed by atoms with E-state index in [4.69, 9.17) is 0 Å². The summed E-state index contributed by atoms with van der Waals surface area (Å²) in [6.45, 7) is 2.99. The zero-order valence-electron chi connectivity index (χ0n) is 10.9. The minimum atomic E-state index is -0.643. The molecule has 1 aliphatic rings. The molecule has 2 aromatic heterocycles. The van der Waals surface area contributed by atoms with E-state index in [-0.39, 0.29) is 5.91 Å². The minimum Gasteiger partial charge on any atom is -0.390 e. The van der Waals surface area contributed by atoms with Crippen LogP contribution in [-0.4, -0.2) is 44.0 Å². The molecule has 2 aromatic rings. The van der Waals surface area contributed by atoms with Crippen LogP contribution in [0.5, 0.6) is 0 Å². The molecule has 5 nitrogen and oxygen atoms in total. The summed E-state index contributed by atoms with van der Waals surface area (Å²) < 4.78 is 1.84. The average Bonchev–Trinajstić information content (AvgIpc) is 2.81. The molecular formula is C14H17N3O2. The Hall–Kier alpha value is -1.88. The number of aliphatic hydroxyl groups is 1. The second-order valence-corrected chi connectivity index (χ2v) is 5.38. The number of aromatic nitrogens is 2. The molecule has 3 heterocycles. The maximum Gasteiger partial charge on any atom is 0.274 e. The molecule has 0 atom stereocenters. The number of fused-ring (bicyclic) bond motifs is 1. The fraction of sp³-hybridized carbons (Fsp3) is 0.429. The average molecular weight is 259 g/mol. The van der Waals surface area contributed by atoms with Crippen molar-refractivity contribution in [2.24, 2.45) is 0 Å². The first kappa shape index (κ1) is 12.2. The smallest absolute Gasteiger partial charge is 0.274 e. The molecule has 3 rings (SSSR count). The van der Waals surface area contributed by atoms with Crippen molar-refractivity contribution in [3.8, 4) is 0 Å². The van der Waals surface area contributed by atoms with Crippen molar-refractivity contribution >= 4 is 11.6 Å². The SMILES string of the molecule is CC1(O)CCN(C(=O)c2cn3ccccc3n2)CC1. The summed E-state index contributed by atoms with van der Waals surface area (Å²) in [7, 11) is 0. The molecule has 1 fully saturated rings. The van der Waals surface area contributed by atoms with Crippen LogP contribution in [0, 0.1) is 0 Å². The Balaban J connectivity index is 1.80. The standard InChI is InChI=1S/C14H17N3O2/c1-14(19)5-8-16(9-6-14)13(18)11-10-17-7-3-2-4-12(17)15-11/h2-4,7,10,19H,5-6,8-9H2,1H3. The highest BCUT2D eigenvalue weighted by Crippen LogP contribution is 2.22. The van der Waals surface area contributed by atoms with Gasteiger partial charge in [-0.25, -0.2) is 4.98 Å². The molecule has 0 bridgehead atoms. The van der Waals surface area contributed by atoms with E-state index in [1.165, 1.54) is 0 Å². The van der Waals surface area contributed by atoms with Gasteiger partial charge in [-0.3, -0.25) is 4.79 Å². The van der Waals surface area contributed by atoms with Gasteiger partial charge in [0.2, 0.25) is 0 Å². The van der Waals surface area contributed by atoms with Gasteiger partial charge in [-0.15, -0.1) is 0 Å². The third-order valence-corrected chi connectivity index (χ3v) is 3.71. The molecule has 0 radical (unpaired) electrons. The lowest BCUT2D eigenvalue weighted by Crippen LogP contribution is -2.45. The predicted molar refractivity (Wildman–Crippen MR) is 71.0 cm³/mol. The fourth-order valence-corrected chi connectivity index (χ4v) is 2.39. The third-order valence-electron chi connectivity index (χ3n) is 3.71. The van der Waals surface area contributed by atoms with Crippen molar-refractivity contribution in [1.29, 1.82) is 0 Å². The Morgan fingerprint density at radius 1 is 1.37 bits per heavy atom. The first-order valence-electron chi connectivity index (χ1n) is 6.51. The van der Waals surface area contributed by atoms with E-state index in [1.54, 1.807) is 11.1 Å². The number of pyridine rings is 1. The van der Waals surface area contributed by atoms with Crippen LogP contribution in [0.4, 0.5) is 0 Å². The maximum atomic E-state index is 12.3. The summed E-state index contributed by atoms with van der Waals surface area (Å²) >= 11 is 0. The quantitative estimate of drug-likeness (QED) is 0.840. The summed E-state index contributed by atoms with van der Waals surface area (Å²) in [6, 6.07) is 5.67. The van der Waals surface area contributed by atoms with E-state index in [2.05, 4.69) is 4.98 Å².